The number of hydrogen-bond donors (Lipinski definition) is 0. The molecule has 0 amide bonds. The molecule has 0 aromatic carbocycles. The fraction of sp³-hybridized carbons (Fsp3) is 1.00. The quantitative estimate of drug-likeness (QED) is 0.305. The van der Waals surface area contributed by atoms with Crippen LogP contribution in [0.1, 0.15) is 0 Å². The van der Waals surface area contributed by atoms with Gasteiger partial charge in [-0.3, -0.25) is 0 Å². The minimum atomic E-state index is 0. The second kappa shape index (κ2) is 30.3. The molecule has 23 heavy (non-hydrogen) atoms. The van der Waals surface area contributed by atoms with Crippen LogP contribution in [0.15, 0.2) is 0 Å². The van der Waals surface area contributed by atoms with Gasteiger partial charge in [-0.1, -0.05) is 0 Å². The van der Waals surface area contributed by atoms with Gasteiger partial charge < -0.3 is 39.9 Å². The van der Waals surface area contributed by atoms with Gasteiger partial charge in [-0.15, -0.1) is 13.1 Å². The average Bonchev–Trinajstić information content (AvgIpc) is 2.54. The van der Waals surface area contributed by atoms with Crippen molar-refractivity contribution >= 4 is 23.1 Å². The van der Waals surface area contributed by atoms with Crippen molar-refractivity contribution in [2.24, 2.45) is 0 Å². The molecule has 0 fully saturated rings. The zero-order valence-corrected chi connectivity index (χ0v) is 16.1. The molecule has 0 radical (unpaired) electrons. The van der Waals surface area contributed by atoms with Crippen molar-refractivity contribution in [3.8, 4) is 0 Å². The van der Waals surface area contributed by atoms with Crippen molar-refractivity contribution in [1.29, 1.82) is 0 Å². The molecule has 2 N–H and O–H groups in total. The first-order valence-corrected chi connectivity index (χ1v) is 7.41. The molecule has 0 aromatic heterocycles. The van der Waals surface area contributed by atoms with Crippen LogP contribution in [-0.2, 0) is 28.4 Å². The Hall–Kier alpha value is 0.446. The number of nitrogens with one attached hydrogen (secondary N) is 2. The minimum Gasteiger partial charge on any atom is -0.676 e. The number of hydrogen-bond acceptors (Lipinski definition) is 6. The van der Waals surface area contributed by atoms with Crippen LogP contribution in [0.2, 0.25) is 0 Å². The van der Waals surface area contributed by atoms with E-state index >= 15 is 0 Å². The van der Waals surface area contributed by atoms with E-state index in [-0.39, 0.29) is 23.1 Å². The Kier molecular flexibility index (Phi) is 37.3. The van der Waals surface area contributed by atoms with Gasteiger partial charge in [0, 0.05) is 27.4 Å². The Bertz CT molecular complexity index is 149. The van der Waals surface area contributed by atoms with Gasteiger partial charge in [-0.05, 0) is 0 Å². The van der Waals surface area contributed by atoms with Crippen LogP contribution in [0.4, 0.5) is 0 Å². The van der Waals surface area contributed by atoms with E-state index in [0.29, 0.717) is 79.2 Å². The first-order chi connectivity index (χ1) is 10.8. The molecule has 0 atom stereocenters. The standard InChI is InChI=1S/2C7H16NO3.Mg/c2*1-9-4-5-11-7-6-10-3-2-8;/h2*8H,2-7H2,1H3;/q2*-1;+2. The van der Waals surface area contributed by atoms with Crippen LogP contribution in [-0.4, -0.2) is 116 Å². The molecular formula is C14H32MgN2O6. The number of methoxy groups -OCH3 is 2. The first kappa shape index (κ1) is 28.3. The molecule has 0 saturated carbocycles. The second-order valence-electron chi connectivity index (χ2n) is 3.94. The Morgan fingerprint density at radius 1 is 0.478 bits per heavy atom. The maximum absolute atomic E-state index is 6.76. The summed E-state index contributed by atoms with van der Waals surface area (Å²) in [6, 6.07) is 0. The predicted octanol–water partition coefficient (Wildman–Crippen LogP) is 1.06. The van der Waals surface area contributed by atoms with E-state index in [2.05, 4.69) is 0 Å². The Morgan fingerprint density at radius 2 is 0.739 bits per heavy atom. The summed E-state index contributed by atoms with van der Waals surface area (Å²) in [5.74, 6) is 0. The molecule has 0 aromatic rings. The van der Waals surface area contributed by atoms with Crippen molar-refractivity contribution < 1.29 is 28.4 Å². The number of rotatable bonds is 16. The van der Waals surface area contributed by atoms with E-state index in [1.54, 1.807) is 14.2 Å². The molecule has 0 aliphatic heterocycles. The summed E-state index contributed by atoms with van der Waals surface area (Å²) < 4.78 is 29.8. The molecule has 0 heterocycles. The monoisotopic (exact) mass is 348 g/mol. The van der Waals surface area contributed by atoms with Crippen LogP contribution in [0.3, 0.4) is 0 Å². The summed E-state index contributed by atoms with van der Waals surface area (Å²) >= 11 is 0. The summed E-state index contributed by atoms with van der Waals surface area (Å²) in [5.41, 5.74) is 13.5. The van der Waals surface area contributed by atoms with Crippen molar-refractivity contribution in [2.45, 2.75) is 0 Å². The third-order valence-corrected chi connectivity index (χ3v) is 2.10. The van der Waals surface area contributed by atoms with Gasteiger partial charge in [-0.25, -0.2) is 0 Å². The van der Waals surface area contributed by atoms with E-state index in [1.165, 1.54) is 0 Å². The Balaban J connectivity index is -0.000000333. The van der Waals surface area contributed by atoms with Crippen LogP contribution in [0.5, 0.6) is 0 Å². The molecule has 0 unspecified atom stereocenters. The maximum Gasteiger partial charge on any atom is 2.00 e. The normalized spacial score (nSPS) is 9.91. The fourth-order valence-corrected chi connectivity index (χ4v) is 1.07. The average molecular weight is 349 g/mol. The van der Waals surface area contributed by atoms with Gasteiger partial charge in [0.25, 0.3) is 0 Å². The molecule has 8 nitrogen and oxygen atoms in total. The smallest absolute Gasteiger partial charge is 0.676 e. The van der Waals surface area contributed by atoms with Gasteiger partial charge in [0.1, 0.15) is 0 Å². The topological polar surface area (TPSA) is 103 Å². The van der Waals surface area contributed by atoms with E-state index < -0.39 is 0 Å². The van der Waals surface area contributed by atoms with Crippen molar-refractivity contribution in [2.75, 3.05) is 93.4 Å². The SMILES string of the molecule is COCCOCCOCC[NH-].COCCOCCOCC[NH-].[Mg+2]. The molecule has 0 bridgehead atoms. The first-order valence-electron chi connectivity index (χ1n) is 7.41. The van der Waals surface area contributed by atoms with E-state index in [4.69, 9.17) is 39.9 Å². The molecule has 9 heteroatoms. The van der Waals surface area contributed by atoms with Crippen LogP contribution < -0.4 is 0 Å². The zero-order chi connectivity index (χ0) is 16.7. The molecule has 136 valence electrons. The number of ether oxygens (including phenoxy) is 6. The molecule has 0 saturated heterocycles. The van der Waals surface area contributed by atoms with Gasteiger partial charge >= 0.3 is 23.1 Å². The zero-order valence-electron chi connectivity index (χ0n) is 14.6. The van der Waals surface area contributed by atoms with Gasteiger partial charge in [0.05, 0.1) is 52.9 Å². The molecular weight excluding hydrogens is 316 g/mol. The van der Waals surface area contributed by atoms with Crippen LogP contribution in [0, 0.1) is 0 Å². The summed E-state index contributed by atoms with van der Waals surface area (Å²) in [6.45, 7) is 6.41. The summed E-state index contributed by atoms with van der Waals surface area (Å²) in [7, 11) is 3.28. The third-order valence-electron chi connectivity index (χ3n) is 2.10. The second-order valence-corrected chi connectivity index (χ2v) is 3.94. The van der Waals surface area contributed by atoms with Crippen LogP contribution >= 0.6 is 0 Å². The third kappa shape index (κ3) is 34.7. The van der Waals surface area contributed by atoms with E-state index in [1.807, 2.05) is 0 Å². The maximum atomic E-state index is 6.76. The van der Waals surface area contributed by atoms with Gasteiger partial charge in [0.2, 0.25) is 0 Å². The Labute approximate surface area is 156 Å². The molecule has 0 aliphatic rings. The largest absolute Gasteiger partial charge is 2.00 e. The Morgan fingerprint density at radius 3 is 1.00 bits per heavy atom. The van der Waals surface area contributed by atoms with Gasteiger partial charge in [0.15, 0.2) is 0 Å². The summed E-state index contributed by atoms with van der Waals surface area (Å²) in [4.78, 5) is 0. The van der Waals surface area contributed by atoms with Gasteiger partial charge in [-0.2, -0.15) is 0 Å². The van der Waals surface area contributed by atoms with Crippen molar-refractivity contribution in [3.63, 3.8) is 0 Å². The summed E-state index contributed by atoms with van der Waals surface area (Å²) in [6.07, 6.45) is 0. The predicted molar refractivity (Wildman–Crippen MR) is 91.2 cm³/mol. The summed E-state index contributed by atoms with van der Waals surface area (Å²) in [5, 5.41) is 0. The van der Waals surface area contributed by atoms with E-state index in [9.17, 15) is 0 Å². The van der Waals surface area contributed by atoms with Crippen molar-refractivity contribution in [1.82, 2.24) is 0 Å². The minimum absolute atomic E-state index is 0. The van der Waals surface area contributed by atoms with E-state index in [0.717, 1.165) is 0 Å². The molecule has 0 aliphatic carbocycles. The van der Waals surface area contributed by atoms with Crippen LogP contribution in [0.25, 0.3) is 11.5 Å². The molecule has 0 rings (SSSR count). The fourth-order valence-electron chi connectivity index (χ4n) is 1.07. The molecule has 0 spiro atoms. The van der Waals surface area contributed by atoms with Crippen molar-refractivity contribution in [3.05, 3.63) is 11.5 Å².